The third-order valence-corrected chi connectivity index (χ3v) is 7.47. The standard InChI is InChI=1S/C26H28N2O6S/c1-18-8-13-24-22(16-18)28(35(30,31)21-11-9-20(32-3)10-12-21)17-25(34-24)26(29)27-14-15-33-23-7-5-4-6-19(23)2/h4-13,16,25H,14-15,17H2,1-3H3,(H,27,29)/t25-/m0/s1. The Morgan fingerprint density at radius 2 is 1.83 bits per heavy atom. The molecule has 0 aromatic heterocycles. The van der Waals surface area contributed by atoms with Gasteiger partial charge in [-0.25, -0.2) is 8.42 Å². The van der Waals surface area contributed by atoms with E-state index in [-0.39, 0.29) is 24.6 Å². The molecule has 8 nitrogen and oxygen atoms in total. The number of rotatable bonds is 8. The van der Waals surface area contributed by atoms with Crippen molar-refractivity contribution in [2.24, 2.45) is 0 Å². The molecular formula is C26H28N2O6S. The van der Waals surface area contributed by atoms with E-state index < -0.39 is 22.0 Å². The number of benzene rings is 3. The molecule has 3 aromatic carbocycles. The van der Waals surface area contributed by atoms with Gasteiger partial charge in [0.15, 0.2) is 6.10 Å². The lowest BCUT2D eigenvalue weighted by Crippen LogP contribution is -2.51. The molecule has 0 bridgehead atoms. The first-order valence-electron chi connectivity index (χ1n) is 11.2. The van der Waals surface area contributed by atoms with Gasteiger partial charge in [-0.15, -0.1) is 0 Å². The summed E-state index contributed by atoms with van der Waals surface area (Å²) in [6.45, 7) is 4.17. The number of nitrogens with zero attached hydrogens (tertiary/aromatic N) is 1. The molecule has 1 atom stereocenters. The van der Waals surface area contributed by atoms with E-state index in [0.29, 0.717) is 17.2 Å². The number of hydrogen-bond donors (Lipinski definition) is 1. The van der Waals surface area contributed by atoms with Gasteiger partial charge in [-0.2, -0.15) is 0 Å². The van der Waals surface area contributed by atoms with Crippen molar-refractivity contribution >= 4 is 21.6 Å². The molecule has 0 spiro atoms. The van der Waals surface area contributed by atoms with Crippen LogP contribution in [0.1, 0.15) is 11.1 Å². The predicted octanol–water partition coefficient (Wildman–Crippen LogP) is 3.46. The molecule has 0 radical (unpaired) electrons. The summed E-state index contributed by atoms with van der Waals surface area (Å²) in [5.74, 6) is 1.21. The maximum absolute atomic E-state index is 13.6. The average molecular weight is 497 g/mol. The first-order valence-corrected chi connectivity index (χ1v) is 12.6. The molecule has 1 heterocycles. The van der Waals surface area contributed by atoms with Gasteiger partial charge in [-0.3, -0.25) is 9.10 Å². The third kappa shape index (κ3) is 5.35. The average Bonchev–Trinajstić information content (AvgIpc) is 2.86. The van der Waals surface area contributed by atoms with Crippen molar-refractivity contribution in [3.63, 3.8) is 0 Å². The number of fused-ring (bicyclic) bond motifs is 1. The van der Waals surface area contributed by atoms with Crippen LogP contribution in [-0.2, 0) is 14.8 Å². The van der Waals surface area contributed by atoms with E-state index in [0.717, 1.165) is 16.9 Å². The molecule has 35 heavy (non-hydrogen) atoms. The van der Waals surface area contributed by atoms with Crippen molar-refractivity contribution in [3.05, 3.63) is 77.9 Å². The number of carbonyl (C=O) groups excluding carboxylic acids is 1. The Labute approximate surface area is 205 Å². The fourth-order valence-corrected chi connectivity index (χ4v) is 5.24. The van der Waals surface area contributed by atoms with Gasteiger partial charge in [0.25, 0.3) is 15.9 Å². The van der Waals surface area contributed by atoms with Crippen molar-refractivity contribution in [2.75, 3.05) is 31.1 Å². The molecule has 4 rings (SSSR count). The summed E-state index contributed by atoms with van der Waals surface area (Å²) in [5.41, 5.74) is 2.27. The van der Waals surface area contributed by atoms with Crippen LogP contribution in [0.2, 0.25) is 0 Å². The number of amides is 1. The first kappa shape index (κ1) is 24.4. The molecule has 9 heteroatoms. The Morgan fingerprint density at radius 1 is 1.09 bits per heavy atom. The molecule has 0 saturated carbocycles. The van der Waals surface area contributed by atoms with Crippen molar-refractivity contribution in [2.45, 2.75) is 24.8 Å². The van der Waals surface area contributed by atoms with Crippen LogP contribution < -0.4 is 23.8 Å². The summed E-state index contributed by atoms with van der Waals surface area (Å²) in [4.78, 5) is 13.0. The maximum atomic E-state index is 13.6. The summed E-state index contributed by atoms with van der Waals surface area (Å²) in [7, 11) is -2.44. The number of nitrogens with one attached hydrogen (secondary N) is 1. The lowest BCUT2D eigenvalue weighted by Gasteiger charge is -2.35. The monoisotopic (exact) mass is 496 g/mol. The van der Waals surface area contributed by atoms with E-state index in [2.05, 4.69) is 5.32 Å². The first-order chi connectivity index (χ1) is 16.8. The molecule has 1 aliphatic rings. The zero-order valence-corrected chi connectivity index (χ0v) is 20.7. The Morgan fingerprint density at radius 3 is 2.54 bits per heavy atom. The summed E-state index contributed by atoms with van der Waals surface area (Å²) in [6, 6.07) is 19.0. The molecule has 0 unspecified atom stereocenters. The topological polar surface area (TPSA) is 94.2 Å². The van der Waals surface area contributed by atoms with E-state index in [1.54, 1.807) is 24.3 Å². The minimum absolute atomic E-state index is 0.0958. The van der Waals surface area contributed by atoms with Crippen LogP contribution in [0.15, 0.2) is 71.6 Å². The van der Waals surface area contributed by atoms with Crippen LogP contribution in [0, 0.1) is 13.8 Å². The fourth-order valence-electron chi connectivity index (χ4n) is 3.77. The number of hydrogen-bond acceptors (Lipinski definition) is 6. The molecule has 1 N–H and O–H groups in total. The number of sulfonamides is 1. The third-order valence-electron chi connectivity index (χ3n) is 5.68. The molecule has 0 fully saturated rings. The second-order valence-electron chi connectivity index (χ2n) is 8.19. The number of anilines is 1. The van der Waals surface area contributed by atoms with Gasteiger partial charge < -0.3 is 19.5 Å². The summed E-state index contributed by atoms with van der Waals surface area (Å²) in [6.07, 6.45) is -1.02. The fraction of sp³-hybridized carbons (Fsp3) is 0.269. The molecule has 1 aliphatic heterocycles. The summed E-state index contributed by atoms with van der Waals surface area (Å²) < 4.78 is 45.1. The highest BCUT2D eigenvalue weighted by molar-refractivity contribution is 7.92. The van der Waals surface area contributed by atoms with Crippen LogP contribution in [0.3, 0.4) is 0 Å². The van der Waals surface area contributed by atoms with Crippen LogP contribution in [0.5, 0.6) is 17.2 Å². The molecular weight excluding hydrogens is 468 g/mol. The van der Waals surface area contributed by atoms with Crippen LogP contribution >= 0.6 is 0 Å². The van der Waals surface area contributed by atoms with Crippen LogP contribution in [-0.4, -0.2) is 47.2 Å². The minimum Gasteiger partial charge on any atom is -0.497 e. The number of ether oxygens (including phenoxy) is 3. The van der Waals surface area contributed by atoms with Crippen molar-refractivity contribution in [1.82, 2.24) is 5.32 Å². The zero-order chi connectivity index (χ0) is 25.0. The Hall–Kier alpha value is -3.72. The second-order valence-corrected chi connectivity index (χ2v) is 10.1. The van der Waals surface area contributed by atoms with Crippen LogP contribution in [0.4, 0.5) is 5.69 Å². The predicted molar refractivity (Wildman–Crippen MR) is 133 cm³/mol. The van der Waals surface area contributed by atoms with Gasteiger partial charge >= 0.3 is 0 Å². The van der Waals surface area contributed by atoms with Gasteiger partial charge in [-0.05, 0) is 67.4 Å². The van der Waals surface area contributed by atoms with E-state index >= 15 is 0 Å². The maximum Gasteiger partial charge on any atom is 0.264 e. The zero-order valence-electron chi connectivity index (χ0n) is 19.9. The largest absolute Gasteiger partial charge is 0.497 e. The molecule has 184 valence electrons. The number of aryl methyl sites for hydroxylation is 2. The lowest BCUT2D eigenvalue weighted by molar-refractivity contribution is -0.127. The molecule has 0 aliphatic carbocycles. The second kappa shape index (κ2) is 10.3. The summed E-state index contributed by atoms with van der Waals surface area (Å²) >= 11 is 0. The number of methoxy groups -OCH3 is 1. The van der Waals surface area contributed by atoms with Gasteiger partial charge in [0.2, 0.25) is 0 Å². The quantitative estimate of drug-likeness (QED) is 0.480. The summed E-state index contributed by atoms with van der Waals surface area (Å²) in [5, 5.41) is 2.78. The van der Waals surface area contributed by atoms with Gasteiger partial charge in [0, 0.05) is 0 Å². The normalized spacial score (nSPS) is 15.1. The SMILES string of the molecule is COc1ccc(S(=O)(=O)N2C[C@@H](C(=O)NCCOc3ccccc3C)Oc3ccc(C)cc32)cc1. The number of carbonyl (C=O) groups is 1. The minimum atomic E-state index is -3.96. The van der Waals surface area contributed by atoms with Crippen molar-refractivity contribution in [3.8, 4) is 17.2 Å². The van der Waals surface area contributed by atoms with Crippen molar-refractivity contribution < 1.29 is 27.4 Å². The van der Waals surface area contributed by atoms with E-state index in [4.69, 9.17) is 14.2 Å². The Kier molecular flexibility index (Phi) is 7.16. The van der Waals surface area contributed by atoms with E-state index in [1.165, 1.54) is 23.5 Å². The molecule has 0 saturated heterocycles. The highest BCUT2D eigenvalue weighted by atomic mass is 32.2. The van der Waals surface area contributed by atoms with Gasteiger partial charge in [-0.1, -0.05) is 24.3 Å². The van der Waals surface area contributed by atoms with Crippen molar-refractivity contribution in [1.29, 1.82) is 0 Å². The highest BCUT2D eigenvalue weighted by Crippen LogP contribution is 2.38. The van der Waals surface area contributed by atoms with E-state index in [1.807, 2.05) is 44.2 Å². The Bertz CT molecular complexity index is 1310. The van der Waals surface area contributed by atoms with Crippen LogP contribution in [0.25, 0.3) is 0 Å². The molecule has 1 amide bonds. The highest BCUT2D eigenvalue weighted by Gasteiger charge is 2.37. The Balaban J connectivity index is 1.50. The lowest BCUT2D eigenvalue weighted by atomic mass is 10.1. The van der Waals surface area contributed by atoms with Gasteiger partial charge in [0.1, 0.15) is 23.9 Å². The van der Waals surface area contributed by atoms with Gasteiger partial charge in [0.05, 0.1) is 30.8 Å². The van der Waals surface area contributed by atoms with E-state index in [9.17, 15) is 13.2 Å². The number of para-hydroxylation sites is 1. The smallest absolute Gasteiger partial charge is 0.264 e. The molecule has 3 aromatic rings.